The number of fused-ring (bicyclic) bond motifs is 2. The van der Waals surface area contributed by atoms with Crippen molar-refractivity contribution in [1.82, 2.24) is 24.8 Å². The summed E-state index contributed by atoms with van der Waals surface area (Å²) in [5, 5.41) is 14.4. The summed E-state index contributed by atoms with van der Waals surface area (Å²) in [7, 11) is -1.53. The fourth-order valence-corrected chi connectivity index (χ4v) is 6.49. The lowest BCUT2D eigenvalue weighted by Crippen LogP contribution is -2.49. The second kappa shape index (κ2) is 12.7. The smallest absolute Gasteiger partial charge is 0.320 e. The zero-order chi connectivity index (χ0) is 34.3. The van der Waals surface area contributed by atoms with Crippen molar-refractivity contribution in [3.63, 3.8) is 0 Å². The van der Waals surface area contributed by atoms with Gasteiger partial charge in [0.2, 0.25) is 10.0 Å². The monoisotopic (exact) mass is 673 g/mol. The van der Waals surface area contributed by atoms with Crippen LogP contribution in [0, 0.1) is 0 Å². The van der Waals surface area contributed by atoms with Crippen LogP contribution in [0.15, 0.2) is 72.9 Å². The molecule has 0 bridgehead atoms. The number of hydrogen-bond donors (Lipinski definition) is 3. The summed E-state index contributed by atoms with van der Waals surface area (Å²) >= 11 is 0. The zero-order valence-corrected chi connectivity index (χ0v) is 28.2. The van der Waals surface area contributed by atoms with Crippen LogP contribution in [-0.2, 0) is 30.5 Å². The SMILES string of the molecule is CN1CCOC[C@H]1c1nnc2ccc(O[C@@H]3C=C[C@](C=O)(NC(=O)Nc4cc(NS(C)(=O)=O)cc(C(C)(C)C)c4)c4ccccc43)cn12. The second-order valence-corrected chi connectivity index (χ2v) is 14.9. The number of nitrogens with one attached hydrogen (secondary N) is 3. The summed E-state index contributed by atoms with van der Waals surface area (Å²) in [5.41, 5.74) is 1.57. The number of pyridine rings is 1. The zero-order valence-electron chi connectivity index (χ0n) is 27.4. The molecule has 2 aromatic heterocycles. The van der Waals surface area contributed by atoms with Crippen LogP contribution in [0.1, 0.15) is 55.4 Å². The van der Waals surface area contributed by atoms with E-state index in [1.165, 1.54) is 6.07 Å². The fourth-order valence-electron chi connectivity index (χ4n) is 5.95. The lowest BCUT2D eigenvalue weighted by atomic mass is 9.81. The number of aldehydes is 1. The Balaban J connectivity index is 1.25. The molecule has 252 valence electrons. The number of likely N-dealkylation sites (N-methyl/N-ethyl adjacent to an activating group) is 1. The minimum atomic E-state index is -3.56. The molecule has 0 unspecified atom stereocenters. The molecule has 4 aromatic rings. The lowest BCUT2D eigenvalue weighted by molar-refractivity contribution is -0.111. The minimum absolute atomic E-state index is 0.0526. The van der Waals surface area contributed by atoms with Gasteiger partial charge in [-0.1, -0.05) is 45.0 Å². The van der Waals surface area contributed by atoms with Gasteiger partial charge in [0.25, 0.3) is 0 Å². The van der Waals surface area contributed by atoms with Gasteiger partial charge in [-0.15, -0.1) is 10.2 Å². The molecule has 2 amide bonds. The molecule has 0 radical (unpaired) electrons. The largest absolute Gasteiger partial charge is 0.480 e. The number of carbonyl (C=O) groups excluding carboxylic acids is 2. The van der Waals surface area contributed by atoms with E-state index < -0.39 is 27.7 Å². The van der Waals surface area contributed by atoms with Crippen LogP contribution in [0.2, 0.25) is 0 Å². The van der Waals surface area contributed by atoms with Gasteiger partial charge in [-0.05, 0) is 66.1 Å². The number of benzene rings is 2. The summed E-state index contributed by atoms with van der Waals surface area (Å²) < 4.78 is 40.4. The van der Waals surface area contributed by atoms with Crippen LogP contribution in [0.4, 0.5) is 16.2 Å². The topological polar surface area (TPSA) is 156 Å². The number of sulfonamides is 1. The first-order chi connectivity index (χ1) is 22.7. The number of urea groups is 1. The fraction of sp³-hybridized carbons (Fsp3) is 0.353. The molecule has 6 rings (SSSR count). The molecule has 48 heavy (non-hydrogen) atoms. The Kier molecular flexibility index (Phi) is 8.75. The van der Waals surface area contributed by atoms with Gasteiger partial charge in [-0.25, -0.2) is 13.2 Å². The van der Waals surface area contributed by atoms with Crippen molar-refractivity contribution < 1.29 is 27.5 Å². The van der Waals surface area contributed by atoms with Gasteiger partial charge < -0.3 is 20.1 Å². The molecule has 3 heterocycles. The third-order valence-electron chi connectivity index (χ3n) is 8.47. The van der Waals surface area contributed by atoms with Crippen molar-refractivity contribution in [2.45, 2.75) is 43.9 Å². The van der Waals surface area contributed by atoms with Gasteiger partial charge in [0.15, 0.2) is 17.8 Å². The summed E-state index contributed by atoms with van der Waals surface area (Å²) in [4.78, 5) is 28.4. The molecule has 3 atom stereocenters. The van der Waals surface area contributed by atoms with E-state index in [1.54, 1.807) is 36.4 Å². The summed E-state index contributed by atoms with van der Waals surface area (Å²) in [6, 6.07) is 15.2. The van der Waals surface area contributed by atoms with Crippen LogP contribution in [0.3, 0.4) is 0 Å². The molecule has 2 aromatic carbocycles. The Morgan fingerprint density at radius 3 is 2.60 bits per heavy atom. The summed E-state index contributed by atoms with van der Waals surface area (Å²) in [6.45, 7) is 7.90. The lowest BCUT2D eigenvalue weighted by Gasteiger charge is -2.34. The second-order valence-electron chi connectivity index (χ2n) is 13.2. The van der Waals surface area contributed by atoms with E-state index in [0.29, 0.717) is 53.4 Å². The van der Waals surface area contributed by atoms with E-state index in [4.69, 9.17) is 9.47 Å². The number of morpholine rings is 1. The standard InChI is InChI=1S/C34H39N7O6S/c1-33(2,3)22-16-23(18-24(17-22)39-48(5,44)45)35-32(43)36-34(21-42)13-12-29(26-8-6-7-9-27(26)34)47-25-10-11-30-37-38-31(41(30)19-25)28-20-46-15-14-40(28)4/h6-13,16-19,21,28-29,39H,14-15,20H2,1-5H3,(H2,35,36,43)/t28-,29+,34+/m0/s1. The quantitative estimate of drug-likeness (QED) is 0.183. The van der Waals surface area contributed by atoms with E-state index in [9.17, 15) is 18.0 Å². The van der Waals surface area contributed by atoms with Crippen molar-refractivity contribution in [3.05, 3.63) is 95.5 Å². The molecule has 0 saturated carbocycles. The average molecular weight is 674 g/mol. The highest BCUT2D eigenvalue weighted by Crippen LogP contribution is 2.37. The van der Waals surface area contributed by atoms with E-state index in [2.05, 4.69) is 30.5 Å². The van der Waals surface area contributed by atoms with Crippen molar-refractivity contribution in [3.8, 4) is 5.75 Å². The van der Waals surface area contributed by atoms with Gasteiger partial charge in [0.05, 0.1) is 37.4 Å². The van der Waals surface area contributed by atoms with Gasteiger partial charge in [0, 0.05) is 17.8 Å². The van der Waals surface area contributed by atoms with Gasteiger partial charge in [0.1, 0.15) is 17.4 Å². The molecule has 3 N–H and O–H groups in total. The average Bonchev–Trinajstić information content (AvgIpc) is 3.44. The van der Waals surface area contributed by atoms with E-state index >= 15 is 0 Å². The van der Waals surface area contributed by atoms with Crippen molar-refractivity contribution in [2.75, 3.05) is 43.1 Å². The molecule has 1 fully saturated rings. The number of ether oxygens (including phenoxy) is 2. The first kappa shape index (κ1) is 33.1. The molecule has 14 heteroatoms. The Bertz CT molecular complexity index is 2000. The number of rotatable bonds is 8. The molecular weight excluding hydrogens is 634 g/mol. The highest BCUT2D eigenvalue weighted by Gasteiger charge is 2.38. The van der Waals surface area contributed by atoms with Crippen LogP contribution in [-0.4, -0.2) is 73.3 Å². The van der Waals surface area contributed by atoms with Crippen LogP contribution in [0.5, 0.6) is 5.75 Å². The number of anilines is 2. The number of hydrogen-bond acceptors (Lipinski definition) is 9. The van der Waals surface area contributed by atoms with Gasteiger partial charge in [-0.3, -0.25) is 18.8 Å². The van der Waals surface area contributed by atoms with Gasteiger partial charge in [-0.2, -0.15) is 0 Å². The Hall–Kier alpha value is -4.79. The van der Waals surface area contributed by atoms with E-state index in [0.717, 1.165) is 24.2 Å². The molecule has 1 saturated heterocycles. The van der Waals surface area contributed by atoms with Crippen molar-refractivity contribution in [1.29, 1.82) is 0 Å². The number of amides is 2. The maximum Gasteiger partial charge on any atom is 0.320 e. The Morgan fingerprint density at radius 1 is 1.10 bits per heavy atom. The highest BCUT2D eigenvalue weighted by atomic mass is 32.2. The molecular formula is C34H39N7O6S. The summed E-state index contributed by atoms with van der Waals surface area (Å²) in [5.74, 6) is 1.31. The third-order valence-corrected chi connectivity index (χ3v) is 9.08. The van der Waals surface area contributed by atoms with E-state index in [1.807, 2.05) is 62.7 Å². The Labute approximate surface area is 279 Å². The first-order valence-electron chi connectivity index (χ1n) is 15.5. The minimum Gasteiger partial charge on any atom is -0.480 e. The molecule has 2 aliphatic rings. The molecule has 13 nitrogen and oxygen atoms in total. The van der Waals surface area contributed by atoms with Crippen LogP contribution < -0.4 is 20.1 Å². The predicted molar refractivity (Wildman–Crippen MR) is 182 cm³/mol. The first-order valence-corrected chi connectivity index (χ1v) is 17.4. The van der Waals surface area contributed by atoms with Gasteiger partial charge >= 0.3 is 6.03 Å². The predicted octanol–water partition coefficient (Wildman–Crippen LogP) is 4.31. The molecule has 1 aliphatic heterocycles. The van der Waals surface area contributed by atoms with Crippen molar-refractivity contribution in [2.24, 2.45) is 0 Å². The summed E-state index contributed by atoms with van der Waals surface area (Å²) in [6.07, 6.45) is 6.38. The molecule has 0 spiro atoms. The maximum atomic E-state index is 13.5. The van der Waals surface area contributed by atoms with Crippen LogP contribution >= 0.6 is 0 Å². The van der Waals surface area contributed by atoms with Crippen molar-refractivity contribution >= 4 is 39.4 Å². The maximum absolute atomic E-state index is 13.5. The number of nitrogens with zero attached hydrogens (tertiary/aromatic N) is 4. The Morgan fingerprint density at radius 2 is 1.88 bits per heavy atom. The highest BCUT2D eigenvalue weighted by molar-refractivity contribution is 7.92. The van der Waals surface area contributed by atoms with E-state index in [-0.39, 0.29) is 11.5 Å². The number of carbonyl (C=O) groups is 2. The molecule has 1 aliphatic carbocycles. The number of aromatic nitrogens is 3. The third kappa shape index (κ3) is 6.91. The normalized spacial score (nSPS) is 21.4. The van der Waals surface area contributed by atoms with Crippen LogP contribution in [0.25, 0.3) is 5.65 Å².